The molecule has 3 nitrogen and oxygen atoms in total. The lowest BCUT2D eigenvalue weighted by atomic mass is 10.3. The zero-order chi connectivity index (χ0) is 9.68. The van der Waals surface area contributed by atoms with Crippen molar-refractivity contribution in [1.29, 1.82) is 0 Å². The normalized spacial score (nSPS) is 10.0. The maximum absolute atomic E-state index is 10.8. The van der Waals surface area contributed by atoms with Crippen LogP contribution in [0.25, 0.3) is 0 Å². The fraction of sp³-hybridized carbons (Fsp3) is 0.375. The van der Waals surface area contributed by atoms with E-state index in [4.69, 9.17) is 5.73 Å². The van der Waals surface area contributed by atoms with Crippen molar-refractivity contribution in [3.63, 3.8) is 0 Å². The minimum Gasteiger partial charge on any atom is -0.355 e. The summed E-state index contributed by atoms with van der Waals surface area (Å²) >= 11 is 4.04. The van der Waals surface area contributed by atoms with E-state index in [0.29, 0.717) is 6.54 Å². The maximum Gasteiger partial charge on any atom is 0.233 e. The lowest BCUT2D eigenvalue weighted by Crippen LogP contribution is -2.31. The number of nitrogens with two attached hydrogens (primary N) is 1. The third-order valence-electron chi connectivity index (χ3n) is 1.51. The van der Waals surface area contributed by atoms with Crippen LogP contribution in [0.15, 0.2) is 12.1 Å². The average molecular weight is 310 g/mol. The molecule has 0 aliphatic rings. The van der Waals surface area contributed by atoms with E-state index in [0.717, 1.165) is 6.42 Å². The van der Waals surface area contributed by atoms with E-state index in [2.05, 4.69) is 40.0 Å². The molecule has 1 amide bonds. The van der Waals surface area contributed by atoms with Gasteiger partial charge < -0.3 is 11.1 Å². The molecule has 1 rings (SSSR count). The second-order valence-electron chi connectivity index (χ2n) is 2.51. The van der Waals surface area contributed by atoms with Crippen LogP contribution >= 0.6 is 33.9 Å². The Morgan fingerprint density at radius 1 is 1.62 bits per heavy atom. The highest BCUT2D eigenvalue weighted by Gasteiger charge is 1.99. The monoisotopic (exact) mass is 310 g/mol. The second-order valence-corrected chi connectivity index (χ2v) is 5.57. The molecule has 0 fully saturated rings. The number of rotatable bonds is 4. The van der Waals surface area contributed by atoms with E-state index in [9.17, 15) is 4.79 Å². The zero-order valence-electron chi connectivity index (χ0n) is 7.05. The highest BCUT2D eigenvalue weighted by Crippen LogP contribution is 2.18. The van der Waals surface area contributed by atoms with Gasteiger partial charge in [-0.3, -0.25) is 4.79 Å². The van der Waals surface area contributed by atoms with Gasteiger partial charge in [-0.1, -0.05) is 0 Å². The van der Waals surface area contributed by atoms with Gasteiger partial charge in [0.2, 0.25) is 5.91 Å². The Morgan fingerprint density at radius 2 is 2.38 bits per heavy atom. The van der Waals surface area contributed by atoms with E-state index in [1.54, 1.807) is 11.3 Å². The van der Waals surface area contributed by atoms with Gasteiger partial charge in [0, 0.05) is 11.4 Å². The molecule has 5 heteroatoms. The molecule has 0 aromatic carbocycles. The van der Waals surface area contributed by atoms with Gasteiger partial charge in [-0.15, -0.1) is 11.3 Å². The van der Waals surface area contributed by atoms with Gasteiger partial charge in [-0.05, 0) is 41.1 Å². The summed E-state index contributed by atoms with van der Waals surface area (Å²) in [6.45, 7) is 0.745. The predicted octanol–water partition coefficient (Wildman–Crippen LogP) is 0.970. The molecule has 1 aromatic rings. The summed E-state index contributed by atoms with van der Waals surface area (Å²) in [6.07, 6.45) is 0.888. The number of halogens is 1. The van der Waals surface area contributed by atoms with E-state index >= 15 is 0 Å². The van der Waals surface area contributed by atoms with Crippen LogP contribution in [0.1, 0.15) is 4.88 Å². The summed E-state index contributed by atoms with van der Waals surface area (Å²) < 4.78 is 1.28. The third-order valence-corrected chi connectivity index (χ3v) is 3.46. The number of thiophene rings is 1. The Morgan fingerprint density at radius 3 is 2.92 bits per heavy atom. The largest absolute Gasteiger partial charge is 0.355 e. The lowest BCUT2D eigenvalue weighted by Gasteiger charge is -2.00. The summed E-state index contributed by atoms with van der Waals surface area (Å²) in [6, 6.07) is 4.16. The Labute approximate surface area is 94.8 Å². The molecule has 0 radical (unpaired) electrons. The Bertz CT molecular complexity index is 287. The first-order valence-corrected chi connectivity index (χ1v) is 5.83. The van der Waals surface area contributed by atoms with Crippen molar-refractivity contribution in [2.45, 2.75) is 6.42 Å². The molecule has 1 aromatic heterocycles. The van der Waals surface area contributed by atoms with E-state index in [-0.39, 0.29) is 12.5 Å². The quantitative estimate of drug-likeness (QED) is 0.814. The number of carbonyl (C=O) groups excluding carboxylic acids is 1. The third kappa shape index (κ3) is 4.06. The van der Waals surface area contributed by atoms with E-state index in [1.165, 1.54) is 7.76 Å². The van der Waals surface area contributed by atoms with Crippen LogP contribution in [-0.2, 0) is 11.2 Å². The summed E-state index contributed by atoms with van der Waals surface area (Å²) in [4.78, 5) is 12.1. The van der Waals surface area contributed by atoms with Crippen LogP contribution in [0.5, 0.6) is 0 Å². The van der Waals surface area contributed by atoms with Crippen molar-refractivity contribution >= 4 is 39.8 Å². The highest BCUT2D eigenvalue weighted by molar-refractivity contribution is 14.1. The van der Waals surface area contributed by atoms with Crippen LogP contribution in [0.2, 0.25) is 0 Å². The van der Waals surface area contributed by atoms with Crippen molar-refractivity contribution in [3.05, 3.63) is 19.9 Å². The molecular formula is C8H11IN2OS. The smallest absolute Gasteiger partial charge is 0.233 e. The molecule has 0 saturated heterocycles. The number of carbonyl (C=O) groups is 1. The van der Waals surface area contributed by atoms with E-state index in [1.807, 2.05) is 0 Å². The molecule has 0 atom stereocenters. The fourth-order valence-corrected chi connectivity index (χ4v) is 2.64. The number of amides is 1. The Kier molecular flexibility index (Phi) is 4.68. The molecule has 0 aliphatic heterocycles. The van der Waals surface area contributed by atoms with Crippen molar-refractivity contribution < 1.29 is 4.79 Å². The van der Waals surface area contributed by atoms with Gasteiger partial charge in [0.15, 0.2) is 0 Å². The van der Waals surface area contributed by atoms with E-state index < -0.39 is 0 Å². The second kappa shape index (κ2) is 5.56. The van der Waals surface area contributed by atoms with Gasteiger partial charge in [0.25, 0.3) is 0 Å². The van der Waals surface area contributed by atoms with Crippen LogP contribution < -0.4 is 11.1 Å². The summed E-state index contributed by atoms with van der Waals surface area (Å²) in [5.74, 6) is -0.0914. The fourth-order valence-electron chi connectivity index (χ4n) is 0.883. The van der Waals surface area contributed by atoms with Crippen molar-refractivity contribution in [1.82, 2.24) is 5.32 Å². The standard InChI is InChI=1S/C8H11IN2OS/c9-7-2-1-6(13-7)3-4-11-8(12)5-10/h1-2H,3-5,10H2,(H,11,12). The molecule has 0 aliphatic carbocycles. The summed E-state index contributed by atoms with van der Waals surface area (Å²) in [7, 11) is 0. The molecule has 13 heavy (non-hydrogen) atoms. The summed E-state index contributed by atoms with van der Waals surface area (Å²) in [5.41, 5.74) is 5.14. The van der Waals surface area contributed by atoms with Crippen molar-refractivity contribution in [2.24, 2.45) is 5.73 Å². The first-order valence-electron chi connectivity index (χ1n) is 3.93. The number of nitrogens with one attached hydrogen (secondary N) is 1. The van der Waals surface area contributed by atoms with Crippen LogP contribution in [0, 0.1) is 2.88 Å². The van der Waals surface area contributed by atoms with Gasteiger partial charge in [-0.25, -0.2) is 0 Å². The molecule has 0 unspecified atom stereocenters. The molecule has 1 heterocycles. The SMILES string of the molecule is NCC(=O)NCCc1ccc(I)s1. The van der Waals surface area contributed by atoms with Gasteiger partial charge >= 0.3 is 0 Å². The molecule has 0 spiro atoms. The molecule has 72 valence electrons. The number of hydrogen-bond acceptors (Lipinski definition) is 3. The molecule has 3 N–H and O–H groups in total. The van der Waals surface area contributed by atoms with Gasteiger partial charge in [0.05, 0.1) is 9.43 Å². The lowest BCUT2D eigenvalue weighted by molar-refractivity contribution is -0.119. The maximum atomic E-state index is 10.8. The molecule has 0 bridgehead atoms. The number of hydrogen-bond donors (Lipinski definition) is 2. The molecular weight excluding hydrogens is 299 g/mol. The Hall–Kier alpha value is -0.140. The first kappa shape index (κ1) is 10.9. The first-order chi connectivity index (χ1) is 6.22. The zero-order valence-corrected chi connectivity index (χ0v) is 10.0. The minimum absolute atomic E-state index is 0.0714. The average Bonchev–Trinajstić information content (AvgIpc) is 2.51. The van der Waals surface area contributed by atoms with Crippen molar-refractivity contribution in [3.8, 4) is 0 Å². The summed E-state index contributed by atoms with van der Waals surface area (Å²) in [5, 5.41) is 2.73. The predicted molar refractivity (Wildman–Crippen MR) is 62.8 cm³/mol. The highest BCUT2D eigenvalue weighted by atomic mass is 127. The Balaban J connectivity index is 2.24. The van der Waals surface area contributed by atoms with Crippen molar-refractivity contribution in [2.75, 3.05) is 13.1 Å². The molecule has 0 saturated carbocycles. The topological polar surface area (TPSA) is 55.1 Å². The van der Waals surface area contributed by atoms with Gasteiger partial charge in [-0.2, -0.15) is 0 Å². The van der Waals surface area contributed by atoms with Crippen LogP contribution in [0.3, 0.4) is 0 Å². The van der Waals surface area contributed by atoms with Crippen LogP contribution in [-0.4, -0.2) is 19.0 Å². The minimum atomic E-state index is -0.0914. The van der Waals surface area contributed by atoms with Crippen LogP contribution in [0.4, 0.5) is 0 Å². The van der Waals surface area contributed by atoms with Gasteiger partial charge in [0.1, 0.15) is 0 Å².